The van der Waals surface area contributed by atoms with E-state index in [9.17, 15) is 13.2 Å². The monoisotopic (exact) mass is 262 g/mol. The van der Waals surface area contributed by atoms with Crippen LogP contribution in [-0.2, 0) is 10.1 Å². The van der Waals surface area contributed by atoms with E-state index >= 15 is 0 Å². The predicted octanol–water partition coefficient (Wildman–Crippen LogP) is 2.27. The molecule has 0 N–H and O–H groups in total. The summed E-state index contributed by atoms with van der Waals surface area (Å²) in [4.78, 5) is 10.5. The molecule has 4 nitrogen and oxygen atoms in total. The Labute approximate surface area is 105 Å². The quantitative estimate of drug-likeness (QED) is 0.626. The van der Waals surface area contributed by atoms with E-state index in [1.54, 1.807) is 30.3 Å². The first-order valence-electron chi connectivity index (χ1n) is 5.16. The van der Waals surface area contributed by atoms with Gasteiger partial charge in [-0.25, -0.2) is 0 Å². The number of para-hydroxylation sites is 1. The van der Waals surface area contributed by atoms with Crippen molar-refractivity contribution in [3.63, 3.8) is 0 Å². The normalized spacial score (nSPS) is 10.9. The molecule has 0 aliphatic heterocycles. The summed E-state index contributed by atoms with van der Waals surface area (Å²) in [5, 5.41) is 0. The third-order valence-electron chi connectivity index (χ3n) is 2.25. The van der Waals surface area contributed by atoms with Crippen LogP contribution in [0.2, 0.25) is 0 Å². The maximum atomic E-state index is 11.9. The van der Waals surface area contributed by atoms with Crippen LogP contribution in [0.15, 0.2) is 59.5 Å². The summed E-state index contributed by atoms with van der Waals surface area (Å²) < 4.78 is 28.7. The van der Waals surface area contributed by atoms with Gasteiger partial charge in [-0.2, -0.15) is 8.42 Å². The molecule has 0 spiro atoms. The standard InChI is InChI=1S/C13H10O4S/c14-10-11-6-8-13(9-7-11)18(15,16)17-12-4-2-1-3-5-12/h1-10H. The van der Waals surface area contributed by atoms with Gasteiger partial charge in [0.25, 0.3) is 0 Å². The lowest BCUT2D eigenvalue weighted by atomic mass is 10.2. The Kier molecular flexibility index (Phi) is 3.43. The second-order valence-corrected chi connectivity index (χ2v) is 5.08. The molecule has 0 aliphatic rings. The van der Waals surface area contributed by atoms with Crippen LogP contribution in [0.5, 0.6) is 5.75 Å². The minimum absolute atomic E-state index is 0.0111. The predicted molar refractivity (Wildman–Crippen MR) is 66.1 cm³/mol. The molecule has 18 heavy (non-hydrogen) atoms. The summed E-state index contributed by atoms with van der Waals surface area (Å²) in [7, 11) is -3.85. The van der Waals surface area contributed by atoms with Gasteiger partial charge in [0.15, 0.2) is 0 Å². The second-order valence-electron chi connectivity index (χ2n) is 3.54. The fourth-order valence-electron chi connectivity index (χ4n) is 1.36. The van der Waals surface area contributed by atoms with Crippen molar-refractivity contribution in [2.24, 2.45) is 0 Å². The van der Waals surface area contributed by atoms with Crippen LogP contribution in [0.4, 0.5) is 0 Å². The average Bonchev–Trinajstić information content (AvgIpc) is 2.39. The lowest BCUT2D eigenvalue weighted by Gasteiger charge is -2.06. The lowest BCUT2D eigenvalue weighted by Crippen LogP contribution is -2.09. The molecular formula is C13H10O4S. The molecule has 0 fully saturated rings. The van der Waals surface area contributed by atoms with Gasteiger partial charge in [-0.15, -0.1) is 0 Å². The summed E-state index contributed by atoms with van der Waals surface area (Å²) in [6, 6.07) is 13.8. The zero-order valence-electron chi connectivity index (χ0n) is 9.31. The fraction of sp³-hybridized carbons (Fsp3) is 0. The van der Waals surface area contributed by atoms with E-state index in [1.165, 1.54) is 24.3 Å². The van der Waals surface area contributed by atoms with Crippen molar-refractivity contribution in [1.82, 2.24) is 0 Å². The molecule has 2 aromatic carbocycles. The van der Waals surface area contributed by atoms with E-state index in [-0.39, 0.29) is 10.6 Å². The van der Waals surface area contributed by atoms with E-state index in [1.807, 2.05) is 0 Å². The summed E-state index contributed by atoms with van der Waals surface area (Å²) in [6.45, 7) is 0. The first-order chi connectivity index (χ1) is 8.62. The lowest BCUT2D eigenvalue weighted by molar-refractivity contribution is 0.112. The molecule has 0 saturated carbocycles. The number of benzene rings is 2. The summed E-state index contributed by atoms with van der Waals surface area (Å²) >= 11 is 0. The van der Waals surface area contributed by atoms with Gasteiger partial charge >= 0.3 is 10.1 Å². The van der Waals surface area contributed by atoms with E-state index in [0.29, 0.717) is 11.8 Å². The Morgan fingerprint density at radius 3 is 2.06 bits per heavy atom. The topological polar surface area (TPSA) is 60.4 Å². The minimum Gasteiger partial charge on any atom is -0.379 e. The first kappa shape index (κ1) is 12.3. The van der Waals surface area contributed by atoms with Crippen LogP contribution in [0.3, 0.4) is 0 Å². The van der Waals surface area contributed by atoms with E-state index in [0.717, 1.165) is 0 Å². The molecular weight excluding hydrogens is 252 g/mol. The Bertz CT molecular complexity index is 630. The highest BCUT2D eigenvalue weighted by Gasteiger charge is 2.16. The smallest absolute Gasteiger partial charge is 0.339 e. The van der Waals surface area contributed by atoms with Gasteiger partial charge < -0.3 is 4.18 Å². The van der Waals surface area contributed by atoms with Gasteiger partial charge in [0.1, 0.15) is 16.9 Å². The molecule has 0 aromatic heterocycles. The SMILES string of the molecule is O=Cc1ccc(S(=O)(=O)Oc2ccccc2)cc1. The zero-order valence-corrected chi connectivity index (χ0v) is 10.1. The number of carbonyl (C=O) groups is 1. The van der Waals surface area contributed by atoms with Crippen molar-refractivity contribution < 1.29 is 17.4 Å². The highest BCUT2D eigenvalue weighted by atomic mass is 32.2. The molecule has 0 unspecified atom stereocenters. The maximum Gasteiger partial charge on any atom is 0.339 e. The highest BCUT2D eigenvalue weighted by molar-refractivity contribution is 7.87. The van der Waals surface area contributed by atoms with Gasteiger partial charge in [0.05, 0.1) is 0 Å². The average molecular weight is 262 g/mol. The molecule has 0 saturated heterocycles. The van der Waals surface area contributed by atoms with Crippen molar-refractivity contribution >= 4 is 16.4 Å². The van der Waals surface area contributed by atoms with E-state index < -0.39 is 10.1 Å². The Hall–Kier alpha value is -2.14. The Morgan fingerprint density at radius 2 is 1.50 bits per heavy atom. The van der Waals surface area contributed by atoms with Crippen molar-refractivity contribution in [1.29, 1.82) is 0 Å². The van der Waals surface area contributed by atoms with Crippen molar-refractivity contribution in [3.8, 4) is 5.75 Å². The Morgan fingerprint density at radius 1 is 0.889 bits per heavy atom. The van der Waals surface area contributed by atoms with Crippen molar-refractivity contribution in [2.45, 2.75) is 4.90 Å². The van der Waals surface area contributed by atoms with E-state index in [4.69, 9.17) is 4.18 Å². The van der Waals surface area contributed by atoms with Crippen LogP contribution in [0.25, 0.3) is 0 Å². The van der Waals surface area contributed by atoms with Gasteiger partial charge in [0.2, 0.25) is 0 Å². The van der Waals surface area contributed by atoms with Crippen LogP contribution in [0, 0.1) is 0 Å². The molecule has 0 atom stereocenters. The van der Waals surface area contributed by atoms with E-state index in [2.05, 4.69) is 0 Å². The third-order valence-corrected chi connectivity index (χ3v) is 3.52. The van der Waals surface area contributed by atoms with Crippen molar-refractivity contribution in [3.05, 3.63) is 60.2 Å². The molecule has 92 valence electrons. The number of hydrogen-bond acceptors (Lipinski definition) is 4. The molecule has 5 heteroatoms. The fourth-order valence-corrected chi connectivity index (χ4v) is 2.29. The summed E-state index contributed by atoms with van der Waals surface area (Å²) in [6.07, 6.45) is 0.647. The molecule has 0 heterocycles. The summed E-state index contributed by atoms with van der Waals surface area (Å²) in [5.41, 5.74) is 0.411. The number of rotatable bonds is 4. The molecule has 0 aliphatic carbocycles. The minimum atomic E-state index is -3.85. The van der Waals surface area contributed by atoms with Gasteiger partial charge in [-0.1, -0.05) is 30.3 Å². The second kappa shape index (κ2) is 5.01. The van der Waals surface area contributed by atoms with Crippen molar-refractivity contribution in [2.75, 3.05) is 0 Å². The number of aldehydes is 1. The molecule has 0 amide bonds. The molecule has 2 aromatic rings. The van der Waals surface area contributed by atoms with Gasteiger partial charge in [0, 0.05) is 5.56 Å². The molecule has 0 bridgehead atoms. The van der Waals surface area contributed by atoms with Crippen LogP contribution in [0.1, 0.15) is 10.4 Å². The molecule has 0 radical (unpaired) electrons. The molecule has 2 rings (SSSR count). The first-order valence-corrected chi connectivity index (χ1v) is 6.57. The van der Waals surface area contributed by atoms with Crippen LogP contribution in [-0.4, -0.2) is 14.7 Å². The third kappa shape index (κ3) is 2.75. The summed E-state index contributed by atoms with van der Waals surface area (Å²) in [5.74, 6) is 0.247. The van der Waals surface area contributed by atoms with Crippen LogP contribution < -0.4 is 4.18 Å². The van der Waals surface area contributed by atoms with Crippen LogP contribution >= 0.6 is 0 Å². The zero-order chi connectivity index (χ0) is 13.0. The van der Waals surface area contributed by atoms with Gasteiger partial charge in [-0.05, 0) is 24.3 Å². The maximum absolute atomic E-state index is 11.9. The number of carbonyl (C=O) groups excluding carboxylic acids is 1. The number of hydrogen-bond donors (Lipinski definition) is 0. The largest absolute Gasteiger partial charge is 0.379 e. The van der Waals surface area contributed by atoms with Gasteiger partial charge in [-0.3, -0.25) is 4.79 Å². The Balaban J connectivity index is 2.28. The highest BCUT2D eigenvalue weighted by Crippen LogP contribution is 2.18.